The number of carboxylic acid groups (broad SMARTS) is 1. The summed E-state index contributed by atoms with van der Waals surface area (Å²) in [6, 6.07) is 59.1. The van der Waals surface area contributed by atoms with Gasteiger partial charge < -0.3 is 9.90 Å². The van der Waals surface area contributed by atoms with E-state index in [1.807, 2.05) is 18.2 Å². The molecule has 8 aromatic carbocycles. The van der Waals surface area contributed by atoms with Crippen molar-refractivity contribution in [3.8, 4) is 22.3 Å². The summed E-state index contributed by atoms with van der Waals surface area (Å²) < 4.78 is 0. The van der Waals surface area contributed by atoms with Gasteiger partial charge in [0.2, 0.25) is 0 Å². The molecule has 0 aliphatic heterocycles. The van der Waals surface area contributed by atoms with Crippen LogP contribution in [-0.2, 0) is 0 Å². The third-order valence-corrected chi connectivity index (χ3v) is 8.82. The topological polar surface area (TPSA) is 53.0 Å². The van der Waals surface area contributed by atoms with Crippen LogP contribution in [-0.4, -0.2) is 11.0 Å². The summed E-state index contributed by atoms with van der Waals surface area (Å²) >= 11 is 0. The number of hydrogen-bond acceptors (Lipinski definition) is 3. The van der Waals surface area contributed by atoms with E-state index >= 15 is 0 Å². The third-order valence-electron chi connectivity index (χ3n) is 8.82. The van der Waals surface area contributed by atoms with Gasteiger partial charge in [0.25, 0.3) is 0 Å². The number of pyridine rings is 1. The molecule has 222 valence electrons. The molecule has 3 nitrogen and oxygen atoms in total. The Hall–Kier alpha value is -5.72. The van der Waals surface area contributed by atoms with Crippen molar-refractivity contribution in [1.29, 1.82) is 0 Å². The first-order valence-electron chi connectivity index (χ1n) is 15.6. The number of carbonyl (C=O) groups excluding carboxylic acids is 1. The summed E-state index contributed by atoms with van der Waals surface area (Å²) in [4.78, 5) is 14.4. The van der Waals surface area contributed by atoms with Gasteiger partial charge in [0, 0.05) is 5.39 Å². The Morgan fingerprint density at radius 1 is 0.417 bits per heavy atom. The molecule has 0 aliphatic carbocycles. The number of nitrogens with zero attached hydrogens (tertiary/aromatic N) is 1. The van der Waals surface area contributed by atoms with Crippen LogP contribution >= 0.6 is 0 Å². The monoisotopic (exact) mass is 609 g/mol. The average Bonchev–Trinajstić information content (AvgIpc) is 3.13. The number of hydrogen-bond donors (Lipinski definition) is 0. The minimum Gasteiger partial charge on any atom is -0.543 e. The van der Waals surface area contributed by atoms with Crippen molar-refractivity contribution in [2.75, 3.05) is 0 Å². The quantitative estimate of drug-likeness (QED) is 0.157. The first kappa shape index (κ1) is 30.9. The van der Waals surface area contributed by atoms with Crippen molar-refractivity contribution in [2.45, 2.75) is 0 Å². The molecule has 1 heterocycles. The molecule has 0 amide bonds. The molecule has 0 saturated carbocycles. The number of rotatable bonds is 3. The Bertz CT molecular complexity index is 2430. The van der Waals surface area contributed by atoms with E-state index < -0.39 is 5.97 Å². The van der Waals surface area contributed by atoms with Gasteiger partial charge in [-0.1, -0.05) is 146 Å². The van der Waals surface area contributed by atoms with Crippen LogP contribution in [0.3, 0.4) is 0 Å². The van der Waals surface area contributed by atoms with Crippen LogP contribution in [0, 0.1) is 0 Å². The van der Waals surface area contributed by atoms with Crippen molar-refractivity contribution < 1.29 is 28.8 Å². The molecule has 0 fully saturated rings. The number of carboxylic acids is 1. The van der Waals surface area contributed by atoms with Gasteiger partial charge in [-0.15, -0.1) is 0 Å². The molecule has 4 heteroatoms. The fourth-order valence-corrected chi connectivity index (χ4v) is 6.62. The zero-order valence-corrected chi connectivity index (χ0v) is 26.4. The Kier molecular flexibility index (Phi) is 8.49. The average molecular weight is 610 g/mol. The zero-order valence-electron chi connectivity index (χ0n) is 26.4. The zero-order chi connectivity index (χ0) is 31.7. The molecule has 9 rings (SSSR count). The molecule has 9 aromatic rings. The molecule has 0 unspecified atom stereocenters. The molecule has 0 spiro atoms. The fourth-order valence-electron chi connectivity index (χ4n) is 6.62. The summed E-state index contributed by atoms with van der Waals surface area (Å²) in [5, 5.41) is 21.6. The molecular formula is C44H28LiNO2. The van der Waals surface area contributed by atoms with E-state index in [1.54, 1.807) is 12.1 Å². The van der Waals surface area contributed by atoms with Gasteiger partial charge in [0.05, 0.1) is 17.2 Å². The minimum atomic E-state index is -1.24. The van der Waals surface area contributed by atoms with Crippen molar-refractivity contribution in [2.24, 2.45) is 0 Å². The molecular weight excluding hydrogens is 581 g/mol. The molecule has 0 atom stereocenters. The smallest absolute Gasteiger partial charge is 0.543 e. The minimum absolute atomic E-state index is 0. The van der Waals surface area contributed by atoms with Gasteiger partial charge in [0.15, 0.2) is 0 Å². The second-order valence-electron chi connectivity index (χ2n) is 11.6. The number of aromatic carboxylic acids is 1. The maximum Gasteiger partial charge on any atom is 1.00 e. The van der Waals surface area contributed by atoms with Crippen LogP contribution in [0.15, 0.2) is 170 Å². The Morgan fingerprint density at radius 3 is 1.25 bits per heavy atom. The summed E-state index contributed by atoms with van der Waals surface area (Å²) in [6.45, 7) is 0. The molecule has 1 aromatic heterocycles. The Labute approximate surface area is 290 Å². The van der Waals surface area contributed by atoms with Gasteiger partial charge in [-0.2, -0.15) is 0 Å². The van der Waals surface area contributed by atoms with Crippen molar-refractivity contribution >= 4 is 60.0 Å². The second kappa shape index (κ2) is 13.2. The summed E-state index contributed by atoms with van der Waals surface area (Å²) in [5.74, 6) is -1.24. The van der Waals surface area contributed by atoms with Crippen LogP contribution in [0.25, 0.3) is 76.2 Å². The number of para-hydroxylation sites is 1. The van der Waals surface area contributed by atoms with E-state index in [9.17, 15) is 9.90 Å². The predicted molar refractivity (Wildman–Crippen MR) is 193 cm³/mol. The largest absolute Gasteiger partial charge is 1.00 e. The Balaban J connectivity index is 0.000000220. The second-order valence-corrected chi connectivity index (χ2v) is 11.6. The van der Waals surface area contributed by atoms with E-state index in [1.165, 1.54) is 71.4 Å². The molecule has 0 radical (unpaired) electrons. The van der Waals surface area contributed by atoms with Crippen molar-refractivity contribution in [3.63, 3.8) is 0 Å². The van der Waals surface area contributed by atoms with E-state index in [0.29, 0.717) is 5.52 Å². The van der Waals surface area contributed by atoms with Gasteiger partial charge >= 0.3 is 18.9 Å². The van der Waals surface area contributed by atoms with E-state index in [-0.39, 0.29) is 24.6 Å². The molecule has 0 aliphatic rings. The molecule has 48 heavy (non-hydrogen) atoms. The SMILES string of the molecule is O=C([O-])c1ccc2ccccc2n1.[Li+].c1ccc2cc(-c3c4ccccc4c(-c4ccc5ccccc5c4)c4ccccc34)ccc2c1. The van der Waals surface area contributed by atoms with Gasteiger partial charge in [-0.25, -0.2) is 4.98 Å². The van der Waals surface area contributed by atoms with Crippen LogP contribution in [0.2, 0.25) is 0 Å². The number of fused-ring (bicyclic) bond motifs is 5. The van der Waals surface area contributed by atoms with Gasteiger partial charge in [0.1, 0.15) is 0 Å². The number of aromatic nitrogens is 1. The molecule has 0 bridgehead atoms. The first-order valence-corrected chi connectivity index (χ1v) is 15.6. The third kappa shape index (κ3) is 5.71. The maximum absolute atomic E-state index is 10.5. The normalized spacial score (nSPS) is 10.9. The fraction of sp³-hybridized carbons (Fsp3) is 0. The van der Waals surface area contributed by atoms with E-state index in [2.05, 4.69) is 138 Å². The molecule has 0 saturated heterocycles. The van der Waals surface area contributed by atoms with Crippen LogP contribution in [0.1, 0.15) is 10.5 Å². The number of benzene rings is 8. The Morgan fingerprint density at radius 2 is 0.792 bits per heavy atom. The van der Waals surface area contributed by atoms with E-state index in [4.69, 9.17) is 0 Å². The van der Waals surface area contributed by atoms with Crippen molar-refractivity contribution in [3.05, 3.63) is 176 Å². The van der Waals surface area contributed by atoms with Crippen LogP contribution in [0.4, 0.5) is 0 Å². The van der Waals surface area contributed by atoms with Crippen molar-refractivity contribution in [1.82, 2.24) is 4.98 Å². The van der Waals surface area contributed by atoms with Gasteiger partial charge in [-0.05, 0) is 89.6 Å². The van der Waals surface area contributed by atoms with E-state index in [0.717, 1.165) is 5.39 Å². The van der Waals surface area contributed by atoms with Crippen LogP contribution < -0.4 is 24.0 Å². The summed E-state index contributed by atoms with van der Waals surface area (Å²) in [7, 11) is 0. The maximum atomic E-state index is 10.5. The summed E-state index contributed by atoms with van der Waals surface area (Å²) in [5.41, 5.74) is 5.78. The van der Waals surface area contributed by atoms with Crippen LogP contribution in [0.5, 0.6) is 0 Å². The summed E-state index contributed by atoms with van der Waals surface area (Å²) in [6.07, 6.45) is 0. The predicted octanol–water partition coefficient (Wildman–Crippen LogP) is 7.24. The van der Waals surface area contributed by atoms with Gasteiger partial charge in [-0.3, -0.25) is 0 Å². The number of carbonyl (C=O) groups is 1. The standard InChI is InChI=1S/C34H22.C10H7NO2.Li/c1-3-11-25-21-27(19-17-23(25)9-1)33-29-13-5-7-15-31(29)34(32-16-8-6-14-30(32)33)28-20-18-24-10-2-4-12-26(24)22-28;12-10(13)9-6-5-7-3-1-2-4-8(7)11-9;/h1-22H;1-6H,(H,12,13);/q;;+1/p-1. The molecule has 0 N–H and O–H groups in total. The first-order chi connectivity index (χ1) is 23.1.